The van der Waals surface area contributed by atoms with Crippen molar-refractivity contribution in [2.24, 2.45) is 0 Å². The van der Waals surface area contributed by atoms with Gasteiger partial charge in [0.1, 0.15) is 6.10 Å². The number of Topliss-reactive ketones (excluding diaryl/α,β-unsaturated/α-hetero) is 1. The Kier molecular flexibility index (Phi) is 4.23. The van der Waals surface area contributed by atoms with Gasteiger partial charge in [-0.15, -0.1) is 0 Å². The quantitative estimate of drug-likeness (QED) is 0.636. The Bertz CT molecular complexity index is 1090. The average molecular weight is 393 g/mol. The molecular weight excluding hydrogens is 374 g/mol. The highest BCUT2D eigenvalue weighted by Crippen LogP contribution is 2.34. The Hall–Kier alpha value is -2.61. The molecule has 0 aliphatic carbocycles. The summed E-state index contributed by atoms with van der Waals surface area (Å²) in [6.07, 6.45) is -0.648. The van der Waals surface area contributed by atoms with E-state index < -0.39 is 6.29 Å². The predicted molar refractivity (Wildman–Crippen MR) is 106 cm³/mol. The molecule has 3 heterocycles. The lowest BCUT2D eigenvalue weighted by atomic mass is 10.0. The van der Waals surface area contributed by atoms with Gasteiger partial charge in [-0.1, -0.05) is 48.0 Å². The number of aryl methyl sites for hydroxylation is 1. The zero-order valence-electron chi connectivity index (χ0n) is 15.3. The van der Waals surface area contributed by atoms with Gasteiger partial charge in [-0.2, -0.15) is 5.10 Å². The maximum Gasteiger partial charge on any atom is 0.218 e. The average Bonchev–Trinajstić information content (AvgIpc) is 3.29. The second-order valence-electron chi connectivity index (χ2n) is 7.17. The number of aromatic nitrogens is 3. The van der Waals surface area contributed by atoms with Gasteiger partial charge in [-0.05, 0) is 31.3 Å². The fourth-order valence-corrected chi connectivity index (χ4v) is 4.13. The van der Waals surface area contributed by atoms with Crippen molar-refractivity contribution in [2.45, 2.75) is 31.8 Å². The van der Waals surface area contributed by atoms with Crippen molar-refractivity contribution in [3.05, 3.63) is 64.9 Å². The molecule has 142 valence electrons. The van der Waals surface area contributed by atoms with Crippen LogP contribution in [0.15, 0.2) is 54.6 Å². The molecule has 2 aliphatic rings. The summed E-state index contributed by atoms with van der Waals surface area (Å²) in [5.74, 6) is 0.677. The summed E-state index contributed by atoms with van der Waals surface area (Å²) in [5, 5.41) is 4.85. The van der Waals surface area contributed by atoms with Crippen molar-refractivity contribution in [3.63, 3.8) is 0 Å². The molecule has 6 nitrogen and oxygen atoms in total. The molecule has 7 heteroatoms. The Labute approximate surface area is 167 Å². The van der Waals surface area contributed by atoms with Gasteiger partial charge in [0.05, 0.1) is 12.6 Å². The monoisotopic (exact) mass is 393 g/mol. The van der Waals surface area contributed by atoms with Crippen LogP contribution < -0.4 is 0 Å². The van der Waals surface area contributed by atoms with E-state index in [1.165, 1.54) is 5.56 Å². The summed E-state index contributed by atoms with van der Waals surface area (Å²) in [6.45, 7) is 2.43. The number of rotatable bonds is 3. The Morgan fingerprint density at radius 2 is 1.86 bits per heavy atom. The lowest BCUT2D eigenvalue weighted by Crippen LogP contribution is -2.37. The number of hydrogen-bond donors (Lipinski definition) is 0. The first-order valence-corrected chi connectivity index (χ1v) is 9.66. The maximum atomic E-state index is 12.3. The van der Waals surface area contributed by atoms with Gasteiger partial charge in [0, 0.05) is 17.7 Å². The molecule has 3 atom stereocenters. The zero-order chi connectivity index (χ0) is 19.3. The first-order valence-electron chi connectivity index (χ1n) is 9.25. The molecule has 0 spiro atoms. The summed E-state index contributed by atoms with van der Waals surface area (Å²) in [5.41, 5.74) is 3.06. The van der Waals surface area contributed by atoms with Crippen molar-refractivity contribution in [2.75, 3.05) is 6.61 Å². The normalized spacial score (nSPS) is 23.9. The molecule has 1 aromatic heterocycles. The van der Waals surface area contributed by atoms with E-state index in [9.17, 15) is 4.79 Å². The molecule has 2 bridgehead atoms. The van der Waals surface area contributed by atoms with E-state index in [0.29, 0.717) is 17.8 Å². The summed E-state index contributed by atoms with van der Waals surface area (Å²) in [7, 11) is 0. The third kappa shape index (κ3) is 2.83. The van der Waals surface area contributed by atoms with Gasteiger partial charge >= 0.3 is 0 Å². The van der Waals surface area contributed by atoms with Crippen molar-refractivity contribution >= 4 is 18.0 Å². The SMILES string of the molecule is Cc1ccc(-c2nn(C3CC(=O)C4OCC3O4)c(=S)n2-c2ccccc2)cc1. The molecule has 5 rings (SSSR count). The lowest BCUT2D eigenvalue weighted by Gasteiger charge is -2.26. The summed E-state index contributed by atoms with van der Waals surface area (Å²) in [4.78, 5) is 12.3. The topological polar surface area (TPSA) is 58.3 Å². The van der Waals surface area contributed by atoms with E-state index in [4.69, 9.17) is 26.8 Å². The van der Waals surface area contributed by atoms with Crippen LogP contribution in [0.2, 0.25) is 0 Å². The number of fused-ring (bicyclic) bond motifs is 2. The van der Waals surface area contributed by atoms with Gasteiger partial charge < -0.3 is 9.47 Å². The molecular formula is C21H19N3O3S. The van der Waals surface area contributed by atoms with E-state index in [0.717, 1.165) is 17.1 Å². The predicted octanol–water partition coefficient (Wildman–Crippen LogP) is 3.63. The maximum absolute atomic E-state index is 12.3. The number of carbonyl (C=O) groups excluding carboxylic acids is 1. The molecule has 2 fully saturated rings. The number of hydrogen-bond acceptors (Lipinski definition) is 5. The second kappa shape index (κ2) is 6.77. The fraction of sp³-hybridized carbons (Fsp3) is 0.286. The first kappa shape index (κ1) is 17.5. The minimum atomic E-state index is -0.733. The Morgan fingerprint density at radius 1 is 1.11 bits per heavy atom. The van der Waals surface area contributed by atoms with E-state index in [1.807, 2.05) is 54.0 Å². The summed E-state index contributed by atoms with van der Waals surface area (Å²) >= 11 is 5.81. The van der Waals surface area contributed by atoms with E-state index in [-0.39, 0.29) is 17.9 Å². The van der Waals surface area contributed by atoms with Gasteiger partial charge in [0.2, 0.25) is 11.1 Å². The molecule has 2 aliphatic heterocycles. The smallest absolute Gasteiger partial charge is 0.218 e. The number of para-hydroxylation sites is 1. The van der Waals surface area contributed by atoms with Crippen LogP contribution >= 0.6 is 12.2 Å². The molecule has 0 N–H and O–H groups in total. The van der Waals surface area contributed by atoms with Crippen LogP contribution in [-0.4, -0.2) is 39.1 Å². The van der Waals surface area contributed by atoms with Crippen LogP contribution in [0.1, 0.15) is 18.0 Å². The highest BCUT2D eigenvalue weighted by Gasteiger charge is 2.45. The zero-order valence-corrected chi connectivity index (χ0v) is 16.1. The van der Waals surface area contributed by atoms with Gasteiger partial charge in [-0.3, -0.25) is 9.36 Å². The van der Waals surface area contributed by atoms with E-state index in [1.54, 1.807) is 4.68 Å². The standard InChI is InChI=1S/C21H19N3O3S/c1-13-7-9-14(10-8-13)19-22-24(16-11-17(25)20-26-12-18(16)27-20)21(28)23(19)15-5-3-2-4-6-15/h2-10,16,18,20H,11-12H2,1H3. The number of ether oxygens (including phenoxy) is 2. The number of ketones is 1. The molecule has 2 saturated heterocycles. The number of benzene rings is 2. The van der Waals surface area contributed by atoms with E-state index in [2.05, 4.69) is 12.1 Å². The Balaban J connectivity index is 1.68. The molecule has 2 aromatic carbocycles. The van der Waals surface area contributed by atoms with Gasteiger partial charge in [0.25, 0.3) is 0 Å². The highest BCUT2D eigenvalue weighted by atomic mass is 32.1. The summed E-state index contributed by atoms with van der Waals surface area (Å²) in [6, 6.07) is 17.8. The minimum Gasteiger partial charge on any atom is -0.343 e. The molecule has 28 heavy (non-hydrogen) atoms. The van der Waals surface area contributed by atoms with Crippen LogP contribution in [0.4, 0.5) is 0 Å². The van der Waals surface area contributed by atoms with Crippen LogP contribution in [0.3, 0.4) is 0 Å². The van der Waals surface area contributed by atoms with Gasteiger partial charge in [-0.25, -0.2) is 4.68 Å². The summed E-state index contributed by atoms with van der Waals surface area (Å²) < 4.78 is 15.4. The highest BCUT2D eigenvalue weighted by molar-refractivity contribution is 7.71. The van der Waals surface area contributed by atoms with Gasteiger partial charge in [0.15, 0.2) is 11.6 Å². The Morgan fingerprint density at radius 3 is 2.61 bits per heavy atom. The molecule has 0 amide bonds. The van der Waals surface area contributed by atoms with Crippen molar-refractivity contribution in [3.8, 4) is 17.1 Å². The largest absolute Gasteiger partial charge is 0.343 e. The van der Waals surface area contributed by atoms with Crippen molar-refractivity contribution < 1.29 is 14.3 Å². The number of carbonyl (C=O) groups is 1. The molecule has 0 radical (unpaired) electrons. The third-order valence-corrected chi connectivity index (χ3v) is 5.62. The van der Waals surface area contributed by atoms with Crippen LogP contribution in [0, 0.1) is 11.7 Å². The second-order valence-corrected chi connectivity index (χ2v) is 7.53. The fourth-order valence-electron chi connectivity index (χ4n) is 3.77. The van der Waals surface area contributed by atoms with Crippen LogP contribution in [0.25, 0.3) is 17.1 Å². The third-order valence-electron chi connectivity index (χ3n) is 5.25. The van der Waals surface area contributed by atoms with Crippen LogP contribution in [-0.2, 0) is 14.3 Å². The van der Waals surface area contributed by atoms with E-state index >= 15 is 0 Å². The van der Waals surface area contributed by atoms with Crippen molar-refractivity contribution in [1.29, 1.82) is 0 Å². The number of nitrogens with zero attached hydrogens (tertiary/aromatic N) is 3. The van der Waals surface area contributed by atoms with Crippen molar-refractivity contribution in [1.82, 2.24) is 14.3 Å². The minimum absolute atomic E-state index is 0.0632. The van der Waals surface area contributed by atoms with Crippen LogP contribution in [0.5, 0.6) is 0 Å². The molecule has 3 unspecified atom stereocenters. The first-order chi connectivity index (χ1) is 13.6. The molecule has 0 saturated carbocycles. The molecule has 3 aromatic rings. The lowest BCUT2D eigenvalue weighted by molar-refractivity contribution is -0.156.